The molecule has 1 heterocycles. The van der Waals surface area contributed by atoms with E-state index in [2.05, 4.69) is 40.5 Å². The summed E-state index contributed by atoms with van der Waals surface area (Å²) in [7, 11) is 0. The second kappa shape index (κ2) is 13.7. The SMILES string of the molecule is CCCCCNC(=O)Nc1c(C)cccc1OCCCn1cnc(-c2ccccc2)c1CSC. The van der Waals surface area contributed by atoms with Crippen LogP contribution in [0.4, 0.5) is 10.5 Å². The summed E-state index contributed by atoms with van der Waals surface area (Å²) in [5, 5.41) is 5.89. The van der Waals surface area contributed by atoms with Gasteiger partial charge >= 0.3 is 6.03 Å². The number of urea groups is 1. The van der Waals surface area contributed by atoms with E-state index in [4.69, 9.17) is 9.72 Å². The topological polar surface area (TPSA) is 68.2 Å². The zero-order chi connectivity index (χ0) is 24.2. The van der Waals surface area contributed by atoms with E-state index in [9.17, 15) is 4.79 Å². The van der Waals surface area contributed by atoms with Crippen LogP contribution in [0, 0.1) is 6.92 Å². The minimum Gasteiger partial charge on any atom is -0.491 e. The number of carbonyl (C=O) groups is 1. The minimum absolute atomic E-state index is 0.191. The molecule has 2 amide bonds. The molecule has 3 aromatic rings. The van der Waals surface area contributed by atoms with Gasteiger partial charge in [-0.3, -0.25) is 0 Å². The molecular weight excluding hydrogens is 444 g/mol. The largest absolute Gasteiger partial charge is 0.491 e. The number of benzene rings is 2. The van der Waals surface area contributed by atoms with Crippen molar-refractivity contribution in [3.8, 4) is 17.0 Å². The van der Waals surface area contributed by atoms with Crippen LogP contribution in [0.2, 0.25) is 0 Å². The first-order chi connectivity index (χ1) is 16.6. The van der Waals surface area contributed by atoms with Gasteiger partial charge in [0.15, 0.2) is 0 Å². The number of hydrogen-bond acceptors (Lipinski definition) is 4. The molecule has 182 valence electrons. The van der Waals surface area contributed by atoms with Crippen molar-refractivity contribution in [2.24, 2.45) is 0 Å². The zero-order valence-corrected chi connectivity index (χ0v) is 21.3. The van der Waals surface area contributed by atoms with Gasteiger partial charge in [-0.2, -0.15) is 11.8 Å². The summed E-state index contributed by atoms with van der Waals surface area (Å²) in [6, 6.07) is 16.0. The van der Waals surface area contributed by atoms with Gasteiger partial charge in [0.05, 0.1) is 30.0 Å². The summed E-state index contributed by atoms with van der Waals surface area (Å²) in [5.41, 5.74) is 5.13. The monoisotopic (exact) mass is 480 g/mol. The van der Waals surface area contributed by atoms with Crippen LogP contribution in [0.15, 0.2) is 54.9 Å². The average Bonchev–Trinajstić information content (AvgIpc) is 3.24. The second-order valence-electron chi connectivity index (χ2n) is 8.27. The molecule has 0 fully saturated rings. The summed E-state index contributed by atoms with van der Waals surface area (Å²) < 4.78 is 8.32. The van der Waals surface area contributed by atoms with Crippen molar-refractivity contribution in [2.45, 2.75) is 51.8 Å². The highest BCUT2D eigenvalue weighted by Gasteiger charge is 2.13. The van der Waals surface area contributed by atoms with Crippen LogP contribution in [0.1, 0.15) is 43.9 Å². The van der Waals surface area contributed by atoms with Crippen molar-refractivity contribution in [3.05, 3.63) is 66.1 Å². The highest BCUT2D eigenvalue weighted by Crippen LogP contribution is 2.29. The number of para-hydroxylation sites is 1. The van der Waals surface area contributed by atoms with E-state index >= 15 is 0 Å². The van der Waals surface area contributed by atoms with Gasteiger partial charge in [-0.1, -0.05) is 62.2 Å². The average molecular weight is 481 g/mol. The highest BCUT2D eigenvalue weighted by molar-refractivity contribution is 7.97. The number of carbonyl (C=O) groups excluding carboxylic acids is 1. The molecule has 0 spiro atoms. The number of imidazole rings is 1. The Morgan fingerprint density at radius 3 is 2.68 bits per heavy atom. The molecule has 0 aliphatic carbocycles. The number of anilines is 1. The first kappa shape index (κ1) is 25.7. The third-order valence-electron chi connectivity index (χ3n) is 5.61. The lowest BCUT2D eigenvalue weighted by atomic mass is 10.1. The molecule has 0 bridgehead atoms. The van der Waals surface area contributed by atoms with Crippen LogP contribution in [0.25, 0.3) is 11.3 Å². The standard InChI is InChI=1S/C27H36N4O2S/c1-4-5-9-16-28-27(32)30-25-21(2)12-10-15-24(25)33-18-11-17-31-20-29-26(23(31)19-34-3)22-13-7-6-8-14-22/h6-8,10,12-15,20H,4-5,9,11,16-19H2,1-3H3,(H2,28,30,32). The van der Waals surface area contributed by atoms with Crippen LogP contribution < -0.4 is 15.4 Å². The molecule has 2 aromatic carbocycles. The highest BCUT2D eigenvalue weighted by atomic mass is 32.2. The van der Waals surface area contributed by atoms with Crippen molar-refractivity contribution >= 4 is 23.5 Å². The molecule has 0 radical (unpaired) electrons. The predicted octanol–water partition coefficient (Wildman–Crippen LogP) is 6.50. The Morgan fingerprint density at radius 1 is 1.09 bits per heavy atom. The van der Waals surface area contributed by atoms with Crippen LogP contribution in [-0.2, 0) is 12.3 Å². The van der Waals surface area contributed by atoms with Gasteiger partial charge in [0.1, 0.15) is 5.75 Å². The van der Waals surface area contributed by atoms with E-state index in [0.29, 0.717) is 18.9 Å². The number of hydrogen-bond donors (Lipinski definition) is 2. The Bertz CT molecular complexity index is 1040. The molecule has 6 nitrogen and oxygen atoms in total. The van der Waals surface area contributed by atoms with Crippen LogP contribution in [-0.4, -0.2) is 35.0 Å². The molecule has 0 atom stereocenters. The maximum Gasteiger partial charge on any atom is 0.319 e. The number of aryl methyl sites for hydroxylation is 2. The van der Waals surface area contributed by atoms with Gasteiger partial charge in [0.2, 0.25) is 0 Å². The lowest BCUT2D eigenvalue weighted by Crippen LogP contribution is -2.30. The molecular formula is C27H36N4O2S. The summed E-state index contributed by atoms with van der Waals surface area (Å²) >= 11 is 1.80. The molecule has 7 heteroatoms. The van der Waals surface area contributed by atoms with Crippen LogP contribution in [0.3, 0.4) is 0 Å². The summed E-state index contributed by atoms with van der Waals surface area (Å²) in [4.78, 5) is 17.0. The van der Waals surface area contributed by atoms with Gasteiger partial charge in [-0.05, 0) is 37.7 Å². The Balaban J connectivity index is 1.57. The number of nitrogens with one attached hydrogen (secondary N) is 2. The molecule has 0 aliphatic heterocycles. The predicted molar refractivity (Wildman–Crippen MR) is 143 cm³/mol. The zero-order valence-electron chi connectivity index (χ0n) is 20.5. The Hall–Kier alpha value is -2.93. The maximum absolute atomic E-state index is 12.3. The molecule has 0 saturated carbocycles. The molecule has 34 heavy (non-hydrogen) atoms. The lowest BCUT2D eigenvalue weighted by Gasteiger charge is -2.16. The normalized spacial score (nSPS) is 10.8. The number of amides is 2. The Labute approximate surface area is 207 Å². The quantitative estimate of drug-likeness (QED) is 0.274. The fourth-order valence-electron chi connectivity index (χ4n) is 3.80. The summed E-state index contributed by atoms with van der Waals surface area (Å²) in [5.74, 6) is 1.60. The first-order valence-corrected chi connectivity index (χ1v) is 13.4. The number of thioether (sulfide) groups is 1. The number of rotatable bonds is 13. The van der Waals surface area contributed by atoms with E-state index in [1.54, 1.807) is 11.8 Å². The lowest BCUT2D eigenvalue weighted by molar-refractivity contribution is 0.251. The fraction of sp³-hybridized carbons (Fsp3) is 0.407. The summed E-state index contributed by atoms with van der Waals surface area (Å²) in [6.45, 7) is 6.17. The van der Waals surface area contributed by atoms with E-state index in [1.165, 1.54) is 5.69 Å². The maximum atomic E-state index is 12.3. The molecule has 0 unspecified atom stereocenters. The van der Waals surface area contributed by atoms with Crippen LogP contribution >= 0.6 is 11.8 Å². The van der Waals surface area contributed by atoms with Gasteiger partial charge in [0.25, 0.3) is 0 Å². The van der Waals surface area contributed by atoms with Gasteiger partial charge < -0.3 is 19.9 Å². The third kappa shape index (κ3) is 7.29. The molecule has 3 rings (SSSR count). The number of nitrogens with zero attached hydrogens (tertiary/aromatic N) is 2. The molecule has 0 saturated heterocycles. The Morgan fingerprint density at radius 2 is 1.91 bits per heavy atom. The molecule has 1 aromatic heterocycles. The van der Waals surface area contributed by atoms with Gasteiger partial charge in [-0.25, -0.2) is 9.78 Å². The van der Waals surface area contributed by atoms with E-state index in [1.807, 2.05) is 49.6 Å². The van der Waals surface area contributed by atoms with E-state index < -0.39 is 0 Å². The van der Waals surface area contributed by atoms with Crippen molar-refractivity contribution < 1.29 is 9.53 Å². The van der Waals surface area contributed by atoms with Crippen molar-refractivity contribution in [2.75, 3.05) is 24.7 Å². The number of ether oxygens (including phenoxy) is 1. The summed E-state index contributed by atoms with van der Waals surface area (Å²) in [6.07, 6.45) is 8.10. The second-order valence-corrected chi connectivity index (χ2v) is 9.14. The fourth-order valence-corrected chi connectivity index (χ4v) is 4.37. The van der Waals surface area contributed by atoms with E-state index in [0.717, 1.165) is 60.5 Å². The smallest absolute Gasteiger partial charge is 0.319 e. The first-order valence-electron chi connectivity index (χ1n) is 12.0. The molecule has 0 aliphatic rings. The van der Waals surface area contributed by atoms with E-state index in [-0.39, 0.29) is 6.03 Å². The van der Waals surface area contributed by atoms with Gasteiger partial charge in [-0.15, -0.1) is 0 Å². The van der Waals surface area contributed by atoms with Gasteiger partial charge in [0, 0.05) is 24.4 Å². The van der Waals surface area contributed by atoms with Crippen molar-refractivity contribution in [3.63, 3.8) is 0 Å². The third-order valence-corrected chi connectivity index (χ3v) is 6.18. The van der Waals surface area contributed by atoms with Crippen molar-refractivity contribution in [1.82, 2.24) is 14.9 Å². The number of unbranched alkanes of at least 4 members (excludes halogenated alkanes) is 2. The van der Waals surface area contributed by atoms with Crippen molar-refractivity contribution in [1.29, 1.82) is 0 Å². The number of aromatic nitrogens is 2. The van der Waals surface area contributed by atoms with Crippen LogP contribution in [0.5, 0.6) is 5.75 Å². The molecule has 2 N–H and O–H groups in total. The Kier molecular flexibility index (Phi) is 10.3. The minimum atomic E-state index is -0.191.